The Morgan fingerprint density at radius 2 is 0.561 bits per heavy atom. The van der Waals surface area contributed by atoms with E-state index in [0.717, 1.165) is 170 Å². The number of fused-ring (bicyclic) bond motifs is 4. The van der Waals surface area contributed by atoms with Crippen LogP contribution in [0.25, 0.3) is 43.6 Å². The van der Waals surface area contributed by atoms with Crippen LogP contribution in [-0.4, -0.2) is 95.2 Å². The molecule has 0 aliphatic rings. The summed E-state index contributed by atoms with van der Waals surface area (Å²) in [5.74, 6) is 0. The molecule has 0 unspecified atom stereocenters. The molecule has 0 atom stereocenters. The van der Waals surface area contributed by atoms with Gasteiger partial charge in [-0.3, -0.25) is 19.9 Å². The molecule has 10 nitrogen and oxygen atoms in total. The normalized spacial score (nSPS) is 11.7. The molecule has 4 aromatic carbocycles. The van der Waals surface area contributed by atoms with Crippen molar-refractivity contribution in [2.45, 2.75) is 38.5 Å². The summed E-state index contributed by atoms with van der Waals surface area (Å²) in [7, 11) is 0. The van der Waals surface area contributed by atoms with Gasteiger partial charge in [-0.25, -0.2) is 0 Å². The molecule has 0 aliphatic carbocycles. The molecule has 0 aliphatic heterocycles. The average molecular weight is 963 g/mol. The summed E-state index contributed by atoms with van der Waals surface area (Å²) in [6.45, 7) is 9.57. The summed E-state index contributed by atoms with van der Waals surface area (Å²) in [5, 5.41) is 21.8. The summed E-state index contributed by atoms with van der Waals surface area (Å²) in [6, 6.07) is 31.7. The first-order valence-electron chi connectivity index (χ1n) is 22.9. The first-order chi connectivity index (χ1) is 32.4. The third kappa shape index (κ3) is 13.2. The van der Waals surface area contributed by atoms with E-state index in [2.05, 4.69) is 51.0 Å². The number of nitrogens with one attached hydrogen (secondary N) is 4. The monoisotopic (exact) mass is 960 g/mol. The van der Waals surface area contributed by atoms with Gasteiger partial charge in [-0.2, -0.15) is 0 Å². The zero-order valence-corrected chi connectivity index (χ0v) is 40.1. The van der Waals surface area contributed by atoms with Gasteiger partial charge in [-0.05, 0) is 175 Å². The van der Waals surface area contributed by atoms with Gasteiger partial charge in [0.15, 0.2) is 0 Å². The van der Waals surface area contributed by atoms with Crippen LogP contribution in [0.1, 0.15) is 38.5 Å². The quantitative estimate of drug-likeness (QED) is 0.0414. The molecule has 8 aromatic rings. The van der Waals surface area contributed by atoms with Crippen molar-refractivity contribution in [1.82, 2.24) is 29.7 Å². The first kappa shape index (κ1) is 47.3. The van der Waals surface area contributed by atoms with Crippen molar-refractivity contribution in [1.29, 1.82) is 0 Å². The Hall–Kier alpha value is -5.20. The highest BCUT2D eigenvalue weighted by Crippen LogP contribution is 2.28. The smallest absolute Gasteiger partial charge is 0.0737 e. The zero-order chi connectivity index (χ0) is 45.5. The van der Waals surface area contributed by atoms with Crippen LogP contribution in [0.15, 0.2) is 122 Å². The summed E-state index contributed by atoms with van der Waals surface area (Å²) < 4.78 is 0. The number of pyridine rings is 4. The average Bonchev–Trinajstić information content (AvgIpc) is 3.32. The predicted molar refractivity (Wildman–Crippen MR) is 282 cm³/mol. The van der Waals surface area contributed by atoms with Crippen LogP contribution >= 0.6 is 46.4 Å². The lowest BCUT2D eigenvalue weighted by Gasteiger charge is -2.25. The number of anilines is 4. The fraction of sp³-hybridized carbons (Fsp3) is 0.308. The van der Waals surface area contributed by atoms with Crippen molar-refractivity contribution in [3.8, 4) is 0 Å². The van der Waals surface area contributed by atoms with Crippen molar-refractivity contribution in [3.05, 3.63) is 142 Å². The lowest BCUT2D eigenvalue weighted by molar-refractivity contribution is 0.239. The van der Waals surface area contributed by atoms with E-state index in [1.807, 2.05) is 122 Å². The number of nitrogens with zero attached hydrogens (tertiary/aromatic N) is 6. The molecule has 4 N–H and O–H groups in total. The second-order valence-corrected chi connectivity index (χ2v) is 18.3. The molecule has 4 heterocycles. The molecule has 4 aromatic heterocycles. The molecular weight excluding hydrogens is 906 g/mol. The SMILES string of the molecule is Clc1ccc2c(NCCCN(CCCCN(CCCNc3ccnc4cc(Cl)ccc34)CCCNc3ccnc4cc(Cl)ccc34)CCCNc3ccnc4cc(Cl)ccc34)ccnc2c1. The third-order valence-electron chi connectivity index (χ3n) is 11.9. The van der Waals surface area contributed by atoms with Gasteiger partial charge in [0.25, 0.3) is 0 Å². The molecule has 0 spiro atoms. The van der Waals surface area contributed by atoms with E-state index in [4.69, 9.17) is 46.4 Å². The second-order valence-electron chi connectivity index (χ2n) is 16.6. The van der Waals surface area contributed by atoms with Crippen molar-refractivity contribution in [2.24, 2.45) is 0 Å². The van der Waals surface area contributed by atoms with E-state index in [1.165, 1.54) is 0 Å². The second kappa shape index (κ2) is 24.0. The van der Waals surface area contributed by atoms with Crippen molar-refractivity contribution >= 4 is 113 Å². The maximum atomic E-state index is 6.26. The summed E-state index contributed by atoms with van der Waals surface area (Å²) in [4.78, 5) is 23.3. The van der Waals surface area contributed by atoms with E-state index in [0.29, 0.717) is 20.1 Å². The highest BCUT2D eigenvalue weighted by Gasteiger charge is 2.11. The van der Waals surface area contributed by atoms with Crippen LogP contribution in [0.4, 0.5) is 22.7 Å². The molecule has 66 heavy (non-hydrogen) atoms. The number of halogens is 4. The minimum absolute atomic E-state index is 0.693. The summed E-state index contributed by atoms with van der Waals surface area (Å²) >= 11 is 25.1. The molecular formula is C52H56Cl4N10. The van der Waals surface area contributed by atoms with Gasteiger partial charge in [-0.15, -0.1) is 0 Å². The molecule has 0 radical (unpaired) electrons. The minimum Gasteiger partial charge on any atom is -0.384 e. The van der Waals surface area contributed by atoms with Crippen molar-refractivity contribution in [2.75, 3.05) is 86.7 Å². The van der Waals surface area contributed by atoms with E-state index >= 15 is 0 Å². The number of aromatic nitrogens is 4. The highest BCUT2D eigenvalue weighted by atomic mass is 35.5. The van der Waals surface area contributed by atoms with E-state index in [9.17, 15) is 0 Å². The van der Waals surface area contributed by atoms with Gasteiger partial charge in [0.1, 0.15) is 0 Å². The fourth-order valence-electron chi connectivity index (χ4n) is 8.55. The van der Waals surface area contributed by atoms with Crippen LogP contribution in [0.2, 0.25) is 20.1 Å². The topological polar surface area (TPSA) is 106 Å². The lowest BCUT2D eigenvalue weighted by atomic mass is 10.2. The fourth-order valence-corrected chi connectivity index (χ4v) is 9.21. The Bertz CT molecular complexity index is 2470. The molecule has 0 saturated carbocycles. The van der Waals surface area contributed by atoms with E-state index < -0.39 is 0 Å². The van der Waals surface area contributed by atoms with Gasteiger partial charge in [0, 0.05) is 115 Å². The Labute approximate surface area is 407 Å². The van der Waals surface area contributed by atoms with Crippen LogP contribution in [0.3, 0.4) is 0 Å². The third-order valence-corrected chi connectivity index (χ3v) is 12.8. The van der Waals surface area contributed by atoms with Gasteiger partial charge in [0.05, 0.1) is 22.1 Å². The Morgan fingerprint density at radius 1 is 0.318 bits per heavy atom. The number of rotatable bonds is 25. The van der Waals surface area contributed by atoms with Crippen molar-refractivity contribution in [3.63, 3.8) is 0 Å². The molecule has 342 valence electrons. The predicted octanol–water partition coefficient (Wildman–Crippen LogP) is 13.2. The Kier molecular flexibility index (Phi) is 17.2. The summed E-state index contributed by atoms with van der Waals surface area (Å²) in [5.41, 5.74) is 7.93. The first-order valence-corrected chi connectivity index (χ1v) is 24.4. The van der Waals surface area contributed by atoms with Gasteiger partial charge in [0.2, 0.25) is 0 Å². The van der Waals surface area contributed by atoms with Crippen LogP contribution in [0.5, 0.6) is 0 Å². The zero-order valence-electron chi connectivity index (χ0n) is 37.1. The standard InChI is InChI=1S/C52H56Cl4N10/c53-37-7-11-41-45(15-23-61-49(41)33-37)57-19-3-29-65(30-4-20-58-46-16-24-62-50-34-38(54)8-12-42(46)50)27-1-2-28-66(31-5-21-59-47-17-25-63-51-35-39(55)9-13-43(47)51)32-6-22-60-48-18-26-64-52-36-40(56)10-14-44(48)52/h7-18,23-26,33-36H,1-6,19-22,27-32H2,(H,57,61)(H,58,62)(H,59,63)(H,60,64). The lowest BCUT2D eigenvalue weighted by Crippen LogP contribution is -2.32. The number of hydrogen-bond donors (Lipinski definition) is 4. The highest BCUT2D eigenvalue weighted by molar-refractivity contribution is 6.32. The Morgan fingerprint density at radius 3 is 0.818 bits per heavy atom. The number of unbranched alkanes of at least 4 members (excludes halogenated alkanes) is 1. The van der Waals surface area contributed by atoms with E-state index in [-0.39, 0.29) is 0 Å². The molecule has 14 heteroatoms. The van der Waals surface area contributed by atoms with Gasteiger partial charge >= 0.3 is 0 Å². The van der Waals surface area contributed by atoms with Gasteiger partial charge in [-0.1, -0.05) is 46.4 Å². The number of hydrogen-bond acceptors (Lipinski definition) is 10. The maximum absolute atomic E-state index is 6.26. The van der Waals surface area contributed by atoms with Crippen LogP contribution in [0, 0.1) is 0 Å². The largest absolute Gasteiger partial charge is 0.384 e. The van der Waals surface area contributed by atoms with Crippen LogP contribution in [-0.2, 0) is 0 Å². The Balaban J connectivity index is 0.861. The van der Waals surface area contributed by atoms with E-state index in [1.54, 1.807) is 0 Å². The molecule has 0 bridgehead atoms. The molecule has 8 rings (SSSR count). The van der Waals surface area contributed by atoms with Crippen LogP contribution < -0.4 is 21.3 Å². The molecule has 0 fully saturated rings. The maximum Gasteiger partial charge on any atom is 0.0737 e. The summed E-state index contributed by atoms with van der Waals surface area (Å²) in [6.07, 6.45) is 13.7. The minimum atomic E-state index is 0.693. The molecule has 0 amide bonds. The van der Waals surface area contributed by atoms with Crippen molar-refractivity contribution < 1.29 is 0 Å². The number of benzene rings is 4. The molecule has 0 saturated heterocycles. The van der Waals surface area contributed by atoms with Gasteiger partial charge < -0.3 is 31.1 Å².